The van der Waals surface area contributed by atoms with Crippen molar-refractivity contribution < 1.29 is 13.9 Å². The maximum Gasteiger partial charge on any atom is 0.338 e. The number of fused-ring (bicyclic) bond motifs is 2. The highest BCUT2D eigenvalue weighted by atomic mass is 16.5. The van der Waals surface area contributed by atoms with Gasteiger partial charge in [-0.15, -0.1) is 0 Å². The van der Waals surface area contributed by atoms with Crippen LogP contribution in [0.3, 0.4) is 0 Å². The van der Waals surface area contributed by atoms with E-state index in [0.717, 1.165) is 56.4 Å². The molecule has 5 heteroatoms. The van der Waals surface area contributed by atoms with Gasteiger partial charge < -0.3 is 14.5 Å². The first-order valence-electron chi connectivity index (χ1n) is 11.4. The van der Waals surface area contributed by atoms with E-state index >= 15 is 0 Å². The van der Waals surface area contributed by atoms with Gasteiger partial charge in [0.05, 0.1) is 17.5 Å². The minimum Gasteiger partial charge on any atom is -0.462 e. The molecule has 2 aliphatic rings. The predicted molar refractivity (Wildman–Crippen MR) is 133 cm³/mol. The molecule has 0 spiro atoms. The Morgan fingerprint density at radius 3 is 2.55 bits per heavy atom. The number of ether oxygens (including phenoxy) is 1. The third-order valence-electron chi connectivity index (χ3n) is 5.88. The van der Waals surface area contributed by atoms with Gasteiger partial charge in [-0.3, -0.25) is 4.99 Å². The normalized spacial score (nSPS) is 12.0. The van der Waals surface area contributed by atoms with Gasteiger partial charge in [-0.1, -0.05) is 18.2 Å². The summed E-state index contributed by atoms with van der Waals surface area (Å²) in [7, 11) is 1.93. The number of nitrogens with zero attached hydrogens (tertiary/aromatic N) is 1. The van der Waals surface area contributed by atoms with Crippen LogP contribution in [0.1, 0.15) is 40.9 Å². The van der Waals surface area contributed by atoms with Crippen LogP contribution in [0.2, 0.25) is 0 Å². The molecule has 0 saturated carbocycles. The lowest BCUT2D eigenvalue weighted by Gasteiger charge is -2.19. The van der Waals surface area contributed by atoms with E-state index in [1.54, 1.807) is 0 Å². The summed E-state index contributed by atoms with van der Waals surface area (Å²) in [5.74, 6) is 0.418. The molecule has 170 valence electrons. The fourth-order valence-corrected chi connectivity index (χ4v) is 4.33. The second-order valence-electron chi connectivity index (χ2n) is 8.16. The van der Waals surface area contributed by atoms with E-state index in [2.05, 4.69) is 42.4 Å². The molecule has 0 radical (unpaired) electrons. The van der Waals surface area contributed by atoms with Gasteiger partial charge in [0, 0.05) is 35.7 Å². The van der Waals surface area contributed by atoms with Crippen LogP contribution in [-0.4, -0.2) is 26.2 Å². The highest BCUT2D eigenvalue weighted by molar-refractivity contribution is 6.08. The minimum atomic E-state index is -0.326. The first-order chi connectivity index (χ1) is 16.0. The molecule has 4 rings (SSSR count). The van der Waals surface area contributed by atoms with Crippen molar-refractivity contribution in [3.05, 3.63) is 76.1 Å². The Labute approximate surface area is 194 Å². The zero-order valence-corrected chi connectivity index (χ0v) is 19.9. The van der Waals surface area contributed by atoms with Gasteiger partial charge in [0.15, 0.2) is 0 Å². The van der Waals surface area contributed by atoms with Gasteiger partial charge in [0.25, 0.3) is 0 Å². The van der Waals surface area contributed by atoms with Crippen molar-refractivity contribution >= 4 is 16.9 Å². The first kappa shape index (κ1) is 22.7. The fourth-order valence-electron chi connectivity index (χ4n) is 4.33. The second-order valence-corrected chi connectivity index (χ2v) is 8.16. The number of nitrogens with one attached hydrogen (secondary N) is 1. The number of benzene rings is 3. The van der Waals surface area contributed by atoms with E-state index in [1.807, 2.05) is 51.2 Å². The number of hydrogen-bond donors (Lipinski definition) is 1. The average Bonchev–Trinajstić information content (AvgIpc) is 2.80. The fraction of sp³-hybridized carbons (Fsp3) is 0.286. The second kappa shape index (κ2) is 9.59. The highest BCUT2D eigenvalue weighted by Crippen LogP contribution is 2.42. The van der Waals surface area contributed by atoms with E-state index in [-0.39, 0.29) is 5.97 Å². The van der Waals surface area contributed by atoms with Crippen molar-refractivity contribution in [2.75, 3.05) is 20.2 Å². The summed E-state index contributed by atoms with van der Waals surface area (Å²) in [6.45, 7) is 9.77. The molecule has 1 aliphatic heterocycles. The van der Waals surface area contributed by atoms with Crippen molar-refractivity contribution in [1.82, 2.24) is 5.32 Å². The van der Waals surface area contributed by atoms with Crippen LogP contribution in [0.5, 0.6) is 0 Å². The molecule has 5 nitrogen and oxygen atoms in total. The maximum absolute atomic E-state index is 12.9. The van der Waals surface area contributed by atoms with Crippen LogP contribution in [0.15, 0.2) is 57.9 Å². The molecule has 1 aliphatic carbocycles. The van der Waals surface area contributed by atoms with Gasteiger partial charge in [0.1, 0.15) is 11.3 Å². The van der Waals surface area contributed by atoms with Crippen molar-refractivity contribution in [2.24, 2.45) is 4.99 Å². The van der Waals surface area contributed by atoms with Gasteiger partial charge in [-0.2, -0.15) is 0 Å². The summed E-state index contributed by atoms with van der Waals surface area (Å²) in [5, 5.41) is 5.11. The molecule has 0 aromatic heterocycles. The molecule has 0 unspecified atom stereocenters. The largest absolute Gasteiger partial charge is 0.462 e. The number of esters is 1. The van der Waals surface area contributed by atoms with Gasteiger partial charge in [0.2, 0.25) is 0 Å². The van der Waals surface area contributed by atoms with Crippen molar-refractivity contribution in [3.63, 3.8) is 0 Å². The quantitative estimate of drug-likeness (QED) is 0.310. The van der Waals surface area contributed by atoms with Crippen LogP contribution >= 0.6 is 0 Å². The summed E-state index contributed by atoms with van der Waals surface area (Å²) in [6.07, 6.45) is 0. The van der Waals surface area contributed by atoms with Crippen molar-refractivity contribution in [1.29, 1.82) is 0 Å². The number of carbonyl (C=O) groups is 1. The van der Waals surface area contributed by atoms with Crippen LogP contribution < -0.4 is 10.7 Å². The Morgan fingerprint density at radius 1 is 1.03 bits per heavy atom. The highest BCUT2D eigenvalue weighted by Gasteiger charge is 2.23. The number of hydrogen-bond acceptors (Lipinski definition) is 5. The van der Waals surface area contributed by atoms with Gasteiger partial charge in [-0.25, -0.2) is 4.79 Å². The molecule has 0 fully saturated rings. The summed E-state index contributed by atoms with van der Waals surface area (Å²) >= 11 is 0. The Hall–Kier alpha value is -3.44. The maximum atomic E-state index is 12.9. The molecular formula is C28H30N2O3. The molecule has 2 aromatic rings. The van der Waals surface area contributed by atoms with Crippen LogP contribution in [-0.2, 0) is 11.3 Å². The Kier molecular flexibility index (Phi) is 6.61. The van der Waals surface area contributed by atoms with E-state index in [1.165, 1.54) is 5.56 Å². The number of carbonyl (C=O) groups excluding carboxylic acids is 1. The molecule has 0 atom stereocenters. The molecule has 0 amide bonds. The van der Waals surface area contributed by atoms with E-state index in [4.69, 9.17) is 9.15 Å². The predicted octanol–water partition coefficient (Wildman–Crippen LogP) is 5.64. The van der Waals surface area contributed by atoms with Crippen molar-refractivity contribution in [3.8, 4) is 22.5 Å². The molecule has 0 saturated heterocycles. The van der Waals surface area contributed by atoms with E-state index < -0.39 is 0 Å². The van der Waals surface area contributed by atoms with Crippen molar-refractivity contribution in [2.45, 2.75) is 34.2 Å². The summed E-state index contributed by atoms with van der Waals surface area (Å²) in [4.78, 5) is 17.5. The van der Waals surface area contributed by atoms with E-state index in [0.29, 0.717) is 18.7 Å². The van der Waals surface area contributed by atoms with Crippen LogP contribution in [0.4, 0.5) is 0 Å². The molecule has 33 heavy (non-hydrogen) atoms. The third kappa shape index (κ3) is 4.29. The molecular weight excluding hydrogens is 412 g/mol. The van der Waals surface area contributed by atoms with Gasteiger partial charge in [-0.05, 0) is 81.3 Å². The molecule has 1 heterocycles. The van der Waals surface area contributed by atoms with E-state index in [9.17, 15) is 4.79 Å². The molecule has 2 aromatic carbocycles. The average molecular weight is 443 g/mol. The molecule has 1 N–H and O–H groups in total. The zero-order valence-electron chi connectivity index (χ0n) is 19.9. The lowest BCUT2D eigenvalue weighted by Crippen LogP contribution is -2.10. The summed E-state index contributed by atoms with van der Waals surface area (Å²) in [6, 6.07) is 16.0. The Balaban J connectivity index is 2.15. The summed E-state index contributed by atoms with van der Waals surface area (Å²) < 4.78 is 11.8. The molecule has 0 bridgehead atoms. The monoisotopic (exact) mass is 442 g/mol. The van der Waals surface area contributed by atoms with Crippen LogP contribution in [0.25, 0.3) is 33.4 Å². The topological polar surface area (TPSA) is 63.8 Å². The summed E-state index contributed by atoms with van der Waals surface area (Å²) in [5.41, 5.74) is 7.48. The first-order valence-corrected chi connectivity index (χ1v) is 11.4. The lowest BCUT2D eigenvalue weighted by molar-refractivity contribution is 0.0527. The standard InChI is InChI=1S/C28H30N2O3/c1-6-30-24-15-26-23(13-18(24)4)27(20-10-8-9-11-21(20)28(31)32-7-2)22-12-17(3)19(16-29-5)14-25(22)33-26/h8-15,29H,6-7,16H2,1-5H3/b30-24-. The number of aryl methyl sites for hydroxylation is 2. The minimum absolute atomic E-state index is 0.326. The third-order valence-corrected chi connectivity index (χ3v) is 5.88. The zero-order chi connectivity index (χ0) is 23.5. The van der Waals surface area contributed by atoms with Gasteiger partial charge >= 0.3 is 5.97 Å². The smallest absolute Gasteiger partial charge is 0.338 e. The Bertz CT molecular complexity index is 1370. The number of rotatable bonds is 6. The SMILES string of the molecule is CC/N=c1/cc2oc3cc(CNC)c(C)cc3c(-c3ccccc3C(=O)OCC)c-2cc1C. The Morgan fingerprint density at radius 2 is 1.82 bits per heavy atom. The van der Waals surface area contributed by atoms with Crippen LogP contribution in [0, 0.1) is 13.8 Å². The lowest BCUT2D eigenvalue weighted by atomic mass is 9.89.